The van der Waals surface area contributed by atoms with Crippen molar-refractivity contribution in [2.75, 3.05) is 5.33 Å². The van der Waals surface area contributed by atoms with Gasteiger partial charge in [0.2, 0.25) is 0 Å². The topological polar surface area (TPSA) is 0 Å². The third kappa shape index (κ3) is 0.938. The molecule has 0 nitrogen and oxygen atoms in total. The molecule has 3 atom stereocenters. The molecular weight excluding hydrogens is 176 g/mol. The van der Waals surface area contributed by atoms with Gasteiger partial charge in [0.15, 0.2) is 0 Å². The van der Waals surface area contributed by atoms with Gasteiger partial charge in [-0.15, -0.1) is 0 Å². The minimum absolute atomic E-state index is 1.05. The zero-order valence-corrected chi connectivity index (χ0v) is 7.23. The van der Waals surface area contributed by atoms with Crippen molar-refractivity contribution in [2.45, 2.75) is 25.7 Å². The third-order valence-electron chi connectivity index (χ3n) is 3.08. The summed E-state index contributed by atoms with van der Waals surface area (Å²) in [6, 6.07) is 0. The quantitative estimate of drug-likeness (QED) is 0.556. The smallest absolute Gasteiger partial charge is 0.00624 e. The molecule has 9 heavy (non-hydrogen) atoms. The highest BCUT2D eigenvalue weighted by atomic mass is 79.9. The van der Waals surface area contributed by atoms with Crippen LogP contribution >= 0.6 is 15.9 Å². The summed E-state index contributed by atoms with van der Waals surface area (Å²) in [5, 5.41) is 1.26. The predicted molar refractivity (Wildman–Crippen MR) is 42.7 cm³/mol. The number of alkyl halides is 1. The lowest BCUT2D eigenvalue weighted by molar-refractivity contribution is 0.367. The van der Waals surface area contributed by atoms with E-state index in [9.17, 15) is 0 Å². The molecule has 2 bridgehead atoms. The van der Waals surface area contributed by atoms with Crippen molar-refractivity contribution in [3.05, 3.63) is 0 Å². The molecule has 0 aromatic heterocycles. The van der Waals surface area contributed by atoms with Crippen LogP contribution in [0.4, 0.5) is 0 Å². The molecule has 2 fully saturated rings. The van der Waals surface area contributed by atoms with Gasteiger partial charge in [0.05, 0.1) is 0 Å². The van der Waals surface area contributed by atoms with E-state index in [1.54, 1.807) is 6.42 Å². The second kappa shape index (κ2) is 2.26. The van der Waals surface area contributed by atoms with Crippen LogP contribution in [0.15, 0.2) is 0 Å². The molecule has 2 aliphatic rings. The van der Waals surface area contributed by atoms with Crippen LogP contribution in [0.5, 0.6) is 0 Å². The predicted octanol–water partition coefficient (Wildman–Crippen LogP) is 2.82. The van der Waals surface area contributed by atoms with Gasteiger partial charge in [-0.1, -0.05) is 22.4 Å². The Kier molecular flexibility index (Phi) is 1.56. The molecule has 0 spiro atoms. The van der Waals surface area contributed by atoms with Crippen LogP contribution in [-0.2, 0) is 0 Å². The summed E-state index contributed by atoms with van der Waals surface area (Å²) < 4.78 is 0. The van der Waals surface area contributed by atoms with Crippen molar-refractivity contribution in [1.82, 2.24) is 0 Å². The summed E-state index contributed by atoms with van der Waals surface area (Å²) in [5.41, 5.74) is 0. The first-order chi connectivity index (χ1) is 4.40. The zero-order chi connectivity index (χ0) is 6.27. The van der Waals surface area contributed by atoms with Crippen LogP contribution < -0.4 is 0 Å². The normalized spacial score (nSPS) is 48.3. The molecule has 0 radical (unpaired) electrons. The monoisotopic (exact) mass is 188 g/mol. The largest absolute Gasteiger partial charge is 0.0925 e. The van der Waals surface area contributed by atoms with Crippen molar-refractivity contribution in [2.24, 2.45) is 17.8 Å². The van der Waals surface area contributed by atoms with Crippen molar-refractivity contribution in [1.29, 1.82) is 0 Å². The molecule has 0 aliphatic heterocycles. The number of hydrogen-bond donors (Lipinski definition) is 0. The average molecular weight is 189 g/mol. The molecule has 0 aromatic rings. The first-order valence-corrected chi connectivity index (χ1v) is 5.08. The molecule has 0 saturated heterocycles. The highest BCUT2D eigenvalue weighted by molar-refractivity contribution is 9.09. The summed E-state index contributed by atoms with van der Waals surface area (Å²) in [5.74, 6) is 3.27. The molecule has 0 aromatic carbocycles. The summed E-state index contributed by atoms with van der Waals surface area (Å²) in [6.07, 6.45) is 6.14. The van der Waals surface area contributed by atoms with Gasteiger partial charge in [-0.05, 0) is 37.0 Å². The molecular formula is C8H13Br. The Morgan fingerprint density at radius 3 is 2.44 bits per heavy atom. The number of rotatable bonds is 1. The average Bonchev–Trinajstić information content (AvgIpc) is 2.45. The molecule has 0 heterocycles. The maximum Gasteiger partial charge on any atom is 0.00624 e. The molecule has 1 heteroatoms. The van der Waals surface area contributed by atoms with E-state index in [-0.39, 0.29) is 0 Å². The number of hydrogen-bond acceptors (Lipinski definition) is 0. The molecule has 0 amide bonds. The Morgan fingerprint density at radius 2 is 2.11 bits per heavy atom. The van der Waals surface area contributed by atoms with Crippen molar-refractivity contribution in [3.63, 3.8) is 0 Å². The fraction of sp³-hybridized carbons (Fsp3) is 1.00. The summed E-state index contributed by atoms with van der Waals surface area (Å²) in [6.45, 7) is 0. The standard InChI is InChI=1S/C8H13Br/c9-5-8-4-6-1-2-7(8)3-6/h6-8H,1-5H2/t6?,7?,8-/m0/s1. The Balaban J connectivity index is 2.01. The van der Waals surface area contributed by atoms with Crippen LogP contribution in [-0.4, -0.2) is 5.33 Å². The van der Waals surface area contributed by atoms with Crippen LogP contribution in [0.25, 0.3) is 0 Å². The van der Waals surface area contributed by atoms with Gasteiger partial charge in [0, 0.05) is 5.33 Å². The fourth-order valence-electron chi connectivity index (χ4n) is 2.57. The summed E-state index contributed by atoms with van der Waals surface area (Å²) in [4.78, 5) is 0. The van der Waals surface area contributed by atoms with Crippen molar-refractivity contribution < 1.29 is 0 Å². The highest BCUT2D eigenvalue weighted by Gasteiger charge is 2.38. The Bertz CT molecular complexity index is 111. The second-order valence-corrected chi connectivity index (χ2v) is 4.24. The Hall–Kier alpha value is 0.480. The molecule has 2 rings (SSSR count). The number of halogens is 1. The minimum Gasteiger partial charge on any atom is -0.0925 e. The molecule has 2 unspecified atom stereocenters. The molecule has 0 N–H and O–H groups in total. The van der Waals surface area contributed by atoms with E-state index in [1.807, 2.05) is 0 Å². The molecule has 2 saturated carbocycles. The van der Waals surface area contributed by atoms with Gasteiger partial charge in [-0.3, -0.25) is 0 Å². The van der Waals surface area contributed by atoms with Gasteiger partial charge in [-0.2, -0.15) is 0 Å². The zero-order valence-electron chi connectivity index (χ0n) is 5.65. The summed E-state index contributed by atoms with van der Waals surface area (Å²) in [7, 11) is 0. The van der Waals surface area contributed by atoms with Gasteiger partial charge >= 0.3 is 0 Å². The van der Waals surface area contributed by atoms with Crippen LogP contribution in [0.2, 0.25) is 0 Å². The van der Waals surface area contributed by atoms with E-state index in [0.29, 0.717) is 0 Å². The van der Waals surface area contributed by atoms with E-state index >= 15 is 0 Å². The highest BCUT2D eigenvalue weighted by Crippen LogP contribution is 2.48. The molecule has 2 aliphatic carbocycles. The van der Waals surface area contributed by atoms with Gasteiger partial charge < -0.3 is 0 Å². The number of fused-ring (bicyclic) bond motifs is 2. The summed E-state index contributed by atoms with van der Waals surface area (Å²) >= 11 is 3.58. The first-order valence-electron chi connectivity index (χ1n) is 3.96. The van der Waals surface area contributed by atoms with Crippen LogP contribution in [0.1, 0.15) is 25.7 Å². The van der Waals surface area contributed by atoms with Gasteiger partial charge in [-0.25, -0.2) is 0 Å². The second-order valence-electron chi connectivity index (χ2n) is 3.59. The van der Waals surface area contributed by atoms with E-state index in [0.717, 1.165) is 17.8 Å². The lowest BCUT2D eigenvalue weighted by atomic mass is 9.91. The van der Waals surface area contributed by atoms with Crippen LogP contribution in [0.3, 0.4) is 0 Å². The first kappa shape index (κ1) is 6.21. The van der Waals surface area contributed by atoms with E-state index in [2.05, 4.69) is 15.9 Å². The van der Waals surface area contributed by atoms with E-state index in [4.69, 9.17) is 0 Å². The van der Waals surface area contributed by atoms with Gasteiger partial charge in [0.25, 0.3) is 0 Å². The van der Waals surface area contributed by atoms with Gasteiger partial charge in [0.1, 0.15) is 0 Å². The van der Waals surface area contributed by atoms with E-state index in [1.165, 1.54) is 24.6 Å². The van der Waals surface area contributed by atoms with E-state index < -0.39 is 0 Å². The van der Waals surface area contributed by atoms with Crippen LogP contribution in [0, 0.1) is 17.8 Å². The Morgan fingerprint density at radius 1 is 1.22 bits per heavy atom. The maximum absolute atomic E-state index is 3.58. The lowest BCUT2D eigenvalue weighted by Gasteiger charge is -2.18. The third-order valence-corrected chi connectivity index (χ3v) is 3.91. The van der Waals surface area contributed by atoms with Crippen molar-refractivity contribution in [3.8, 4) is 0 Å². The Labute approximate surface area is 65.1 Å². The lowest BCUT2D eigenvalue weighted by Crippen LogP contribution is -2.10. The SMILES string of the molecule is BrC[C@@H]1CC2CCC1C2. The van der Waals surface area contributed by atoms with Crippen molar-refractivity contribution >= 4 is 15.9 Å². The molecule has 52 valence electrons. The minimum atomic E-state index is 1.05. The fourth-order valence-corrected chi connectivity index (χ4v) is 3.36. The maximum atomic E-state index is 3.58.